The van der Waals surface area contributed by atoms with Crippen LogP contribution in [0.5, 0.6) is 0 Å². The Morgan fingerprint density at radius 1 is 1.23 bits per heavy atom. The van der Waals surface area contributed by atoms with Crippen LogP contribution in [0, 0.1) is 25.1 Å². The van der Waals surface area contributed by atoms with Gasteiger partial charge in [-0.05, 0) is 51.0 Å². The molecule has 0 radical (unpaired) electrons. The van der Waals surface area contributed by atoms with Crippen LogP contribution in [0.1, 0.15) is 36.2 Å². The van der Waals surface area contributed by atoms with E-state index < -0.39 is 0 Å². The number of aromatic nitrogens is 2. The van der Waals surface area contributed by atoms with Gasteiger partial charge in [0.05, 0.1) is 18.0 Å². The number of benzene rings is 1. The Morgan fingerprint density at radius 3 is 2.69 bits per heavy atom. The molecule has 3 heterocycles. The smallest absolute Gasteiger partial charge is 0.222 e. The molecule has 0 N–H and O–H groups in total. The Labute approximate surface area is 152 Å². The van der Waals surface area contributed by atoms with Gasteiger partial charge in [0.2, 0.25) is 5.91 Å². The molecule has 0 aliphatic carbocycles. The number of hydrogen-bond donors (Lipinski definition) is 0. The van der Waals surface area contributed by atoms with Crippen LogP contribution in [0.2, 0.25) is 0 Å². The molecule has 2 saturated heterocycles. The first-order valence-electron chi connectivity index (χ1n) is 9.14. The van der Waals surface area contributed by atoms with E-state index >= 15 is 0 Å². The molecule has 1 atom stereocenters. The fraction of sp³-hybridized carbons (Fsp3) is 0.500. The van der Waals surface area contributed by atoms with Crippen molar-refractivity contribution < 1.29 is 13.9 Å². The molecule has 1 aromatic heterocycles. The van der Waals surface area contributed by atoms with E-state index in [0.717, 1.165) is 55.2 Å². The zero-order valence-corrected chi connectivity index (χ0v) is 15.3. The molecule has 0 saturated carbocycles. The van der Waals surface area contributed by atoms with Crippen molar-refractivity contribution in [2.24, 2.45) is 5.41 Å². The van der Waals surface area contributed by atoms with Gasteiger partial charge in [0.25, 0.3) is 0 Å². The SMILES string of the molecule is Cc1nn(-c2ccc(F)cc2)c(C)c1CN1C[C@]2(CCOC2)CCC1=O. The maximum atomic E-state index is 13.2. The number of halogens is 1. The van der Waals surface area contributed by atoms with Crippen LogP contribution in [-0.4, -0.2) is 40.3 Å². The Kier molecular flexibility index (Phi) is 4.31. The van der Waals surface area contributed by atoms with Gasteiger partial charge >= 0.3 is 0 Å². The molecule has 2 aromatic rings. The number of piperidine rings is 1. The largest absolute Gasteiger partial charge is 0.381 e. The van der Waals surface area contributed by atoms with Crippen molar-refractivity contribution in [3.8, 4) is 5.69 Å². The highest BCUT2D eigenvalue weighted by Crippen LogP contribution is 2.38. The molecular formula is C20H24FN3O2. The summed E-state index contributed by atoms with van der Waals surface area (Å²) in [5.74, 6) is -0.0608. The van der Waals surface area contributed by atoms with Crippen LogP contribution in [-0.2, 0) is 16.1 Å². The predicted octanol–water partition coefficient (Wildman–Crippen LogP) is 3.16. The Balaban J connectivity index is 1.60. The minimum atomic E-state index is -0.265. The fourth-order valence-electron chi connectivity index (χ4n) is 4.15. The number of aryl methyl sites for hydroxylation is 1. The monoisotopic (exact) mass is 357 g/mol. The van der Waals surface area contributed by atoms with E-state index in [2.05, 4.69) is 5.10 Å². The lowest BCUT2D eigenvalue weighted by atomic mass is 9.79. The Bertz CT molecular complexity index is 822. The summed E-state index contributed by atoms with van der Waals surface area (Å²) in [6, 6.07) is 6.30. The fourth-order valence-corrected chi connectivity index (χ4v) is 4.15. The average molecular weight is 357 g/mol. The van der Waals surface area contributed by atoms with Crippen molar-refractivity contribution in [3.05, 3.63) is 47.0 Å². The normalized spacial score (nSPS) is 23.2. The number of carbonyl (C=O) groups is 1. The predicted molar refractivity (Wildman–Crippen MR) is 95.5 cm³/mol. The quantitative estimate of drug-likeness (QED) is 0.848. The van der Waals surface area contributed by atoms with E-state index in [1.165, 1.54) is 12.1 Å². The van der Waals surface area contributed by atoms with Gasteiger partial charge < -0.3 is 9.64 Å². The van der Waals surface area contributed by atoms with Gasteiger partial charge in [-0.2, -0.15) is 5.10 Å². The van der Waals surface area contributed by atoms with Crippen LogP contribution < -0.4 is 0 Å². The van der Waals surface area contributed by atoms with Crippen molar-refractivity contribution in [2.75, 3.05) is 19.8 Å². The highest BCUT2D eigenvalue weighted by atomic mass is 19.1. The molecule has 0 unspecified atom stereocenters. The first-order chi connectivity index (χ1) is 12.5. The van der Waals surface area contributed by atoms with Gasteiger partial charge in [-0.1, -0.05) is 0 Å². The minimum Gasteiger partial charge on any atom is -0.381 e. The van der Waals surface area contributed by atoms with Crippen molar-refractivity contribution in [1.82, 2.24) is 14.7 Å². The average Bonchev–Trinajstić information content (AvgIpc) is 3.19. The summed E-state index contributed by atoms with van der Waals surface area (Å²) in [5, 5.41) is 4.62. The van der Waals surface area contributed by atoms with E-state index in [-0.39, 0.29) is 17.1 Å². The van der Waals surface area contributed by atoms with E-state index in [1.54, 1.807) is 12.1 Å². The highest BCUT2D eigenvalue weighted by Gasteiger charge is 2.41. The third kappa shape index (κ3) is 3.03. The number of likely N-dealkylation sites (tertiary alicyclic amines) is 1. The Hall–Kier alpha value is -2.21. The number of ether oxygens (including phenoxy) is 1. The lowest BCUT2D eigenvalue weighted by molar-refractivity contribution is -0.138. The van der Waals surface area contributed by atoms with Gasteiger partial charge in [0.1, 0.15) is 5.82 Å². The zero-order chi connectivity index (χ0) is 18.3. The summed E-state index contributed by atoms with van der Waals surface area (Å²) < 4.78 is 20.6. The molecule has 138 valence electrons. The third-order valence-corrected chi connectivity index (χ3v) is 5.79. The molecule has 2 aliphatic heterocycles. The van der Waals surface area contributed by atoms with Crippen molar-refractivity contribution in [2.45, 2.75) is 39.7 Å². The lowest BCUT2D eigenvalue weighted by Crippen LogP contribution is -2.46. The molecule has 26 heavy (non-hydrogen) atoms. The van der Waals surface area contributed by atoms with E-state index in [9.17, 15) is 9.18 Å². The second-order valence-corrected chi connectivity index (χ2v) is 7.59. The molecule has 6 heteroatoms. The molecule has 0 bridgehead atoms. The summed E-state index contributed by atoms with van der Waals surface area (Å²) >= 11 is 0. The van der Waals surface area contributed by atoms with Gasteiger partial charge in [0.15, 0.2) is 0 Å². The number of nitrogens with zero attached hydrogens (tertiary/aromatic N) is 3. The maximum absolute atomic E-state index is 13.2. The molecule has 2 fully saturated rings. The van der Waals surface area contributed by atoms with Gasteiger partial charge in [0, 0.05) is 42.8 Å². The summed E-state index contributed by atoms with van der Waals surface area (Å²) in [5.41, 5.74) is 3.91. The van der Waals surface area contributed by atoms with Crippen LogP contribution in [0.4, 0.5) is 4.39 Å². The van der Waals surface area contributed by atoms with E-state index in [0.29, 0.717) is 13.0 Å². The first-order valence-corrected chi connectivity index (χ1v) is 9.14. The van der Waals surface area contributed by atoms with Gasteiger partial charge in [-0.15, -0.1) is 0 Å². The summed E-state index contributed by atoms with van der Waals surface area (Å²) in [6.07, 6.45) is 2.55. The number of hydrogen-bond acceptors (Lipinski definition) is 3. The number of carbonyl (C=O) groups excluding carboxylic acids is 1. The third-order valence-electron chi connectivity index (χ3n) is 5.79. The number of rotatable bonds is 3. The molecule has 1 amide bonds. The molecule has 1 aromatic carbocycles. The molecule has 4 rings (SSSR count). The highest BCUT2D eigenvalue weighted by molar-refractivity contribution is 5.77. The Morgan fingerprint density at radius 2 is 2.00 bits per heavy atom. The van der Waals surface area contributed by atoms with Gasteiger partial charge in [-0.25, -0.2) is 9.07 Å². The molecule has 1 spiro atoms. The maximum Gasteiger partial charge on any atom is 0.222 e. The van der Waals surface area contributed by atoms with Crippen LogP contribution in [0.25, 0.3) is 5.69 Å². The molecule has 2 aliphatic rings. The molecule has 5 nitrogen and oxygen atoms in total. The van der Waals surface area contributed by atoms with Crippen LogP contribution in [0.3, 0.4) is 0 Å². The van der Waals surface area contributed by atoms with Crippen molar-refractivity contribution in [1.29, 1.82) is 0 Å². The minimum absolute atomic E-state index is 0.128. The van der Waals surface area contributed by atoms with Crippen molar-refractivity contribution >= 4 is 5.91 Å². The second-order valence-electron chi connectivity index (χ2n) is 7.59. The summed E-state index contributed by atoms with van der Waals surface area (Å²) in [4.78, 5) is 14.5. The van der Waals surface area contributed by atoms with Crippen molar-refractivity contribution in [3.63, 3.8) is 0 Å². The lowest BCUT2D eigenvalue weighted by Gasteiger charge is -2.39. The molecular weight excluding hydrogens is 333 g/mol. The zero-order valence-electron chi connectivity index (χ0n) is 15.3. The van der Waals surface area contributed by atoms with Gasteiger partial charge in [-0.3, -0.25) is 4.79 Å². The first kappa shape index (κ1) is 17.2. The standard InChI is InChI=1S/C20H24FN3O2/c1-14-18(15(2)24(22-14)17-5-3-16(21)4-6-17)11-23-12-20(8-7-19(23)25)9-10-26-13-20/h3-6H,7-13H2,1-2H3/t20-/m1/s1. The van der Waals surface area contributed by atoms with Crippen LogP contribution >= 0.6 is 0 Å². The topological polar surface area (TPSA) is 47.4 Å². The second kappa shape index (κ2) is 6.50. The number of amides is 1. The summed E-state index contributed by atoms with van der Waals surface area (Å²) in [6.45, 7) is 6.84. The van der Waals surface area contributed by atoms with Crippen LogP contribution in [0.15, 0.2) is 24.3 Å². The summed E-state index contributed by atoms with van der Waals surface area (Å²) in [7, 11) is 0. The van der Waals surface area contributed by atoms with E-state index in [1.807, 2.05) is 23.4 Å². The van der Waals surface area contributed by atoms with E-state index in [4.69, 9.17) is 4.74 Å².